The molecule has 0 saturated carbocycles. The van der Waals surface area contributed by atoms with Crippen molar-refractivity contribution in [3.05, 3.63) is 69.2 Å². The smallest absolute Gasteiger partial charge is 0.0595 e. The molecule has 0 bridgehead atoms. The average Bonchev–Trinajstić information content (AvgIpc) is 2.49. The second kappa shape index (κ2) is 5.77. The Morgan fingerprint density at radius 2 is 1.85 bits per heavy atom. The van der Waals surface area contributed by atoms with Crippen molar-refractivity contribution in [2.24, 2.45) is 0 Å². The Labute approximate surface area is 129 Å². The molecular formula is C17H17Cl2N. The van der Waals surface area contributed by atoms with Gasteiger partial charge in [0.25, 0.3) is 0 Å². The Hall–Kier alpha value is -1.02. The van der Waals surface area contributed by atoms with Crippen LogP contribution >= 0.6 is 23.2 Å². The van der Waals surface area contributed by atoms with E-state index in [1.54, 1.807) is 0 Å². The SMILES string of the molecule is CNC1CC(c2ccc(Cl)c(Cl)c2)Cc2ccccc21. The van der Waals surface area contributed by atoms with Crippen LogP contribution < -0.4 is 5.32 Å². The zero-order chi connectivity index (χ0) is 14.1. The normalized spacial score (nSPS) is 21.6. The van der Waals surface area contributed by atoms with E-state index < -0.39 is 0 Å². The van der Waals surface area contributed by atoms with Gasteiger partial charge in [-0.25, -0.2) is 0 Å². The van der Waals surface area contributed by atoms with Gasteiger partial charge in [-0.15, -0.1) is 0 Å². The molecular weight excluding hydrogens is 289 g/mol. The molecule has 3 rings (SSSR count). The van der Waals surface area contributed by atoms with E-state index in [1.807, 2.05) is 19.2 Å². The van der Waals surface area contributed by atoms with E-state index >= 15 is 0 Å². The van der Waals surface area contributed by atoms with Crippen LogP contribution in [-0.4, -0.2) is 7.05 Å². The summed E-state index contributed by atoms with van der Waals surface area (Å²) < 4.78 is 0. The Balaban J connectivity index is 1.95. The fourth-order valence-corrected chi connectivity index (χ4v) is 3.42. The summed E-state index contributed by atoms with van der Waals surface area (Å²) in [4.78, 5) is 0. The van der Waals surface area contributed by atoms with E-state index in [-0.39, 0.29) is 0 Å². The second-order valence-electron chi connectivity index (χ2n) is 5.35. The van der Waals surface area contributed by atoms with Gasteiger partial charge >= 0.3 is 0 Å². The number of benzene rings is 2. The number of hydrogen-bond acceptors (Lipinski definition) is 1. The second-order valence-corrected chi connectivity index (χ2v) is 6.16. The Kier molecular flexibility index (Phi) is 4.02. The minimum absolute atomic E-state index is 0.402. The van der Waals surface area contributed by atoms with Crippen LogP contribution in [0.15, 0.2) is 42.5 Å². The summed E-state index contributed by atoms with van der Waals surface area (Å²) in [6.07, 6.45) is 2.15. The van der Waals surface area contributed by atoms with Gasteiger partial charge in [-0.1, -0.05) is 53.5 Å². The maximum Gasteiger partial charge on any atom is 0.0595 e. The first-order chi connectivity index (χ1) is 9.69. The lowest BCUT2D eigenvalue weighted by Crippen LogP contribution is -2.25. The molecule has 0 aromatic heterocycles. The first-order valence-corrected chi connectivity index (χ1v) is 7.64. The molecule has 0 aliphatic heterocycles. The summed E-state index contributed by atoms with van der Waals surface area (Å²) in [5, 5.41) is 4.69. The van der Waals surface area contributed by atoms with Crippen LogP contribution in [0.1, 0.15) is 35.1 Å². The van der Waals surface area contributed by atoms with Gasteiger partial charge in [-0.3, -0.25) is 0 Å². The van der Waals surface area contributed by atoms with Gasteiger partial charge in [0.05, 0.1) is 10.0 Å². The molecule has 1 N–H and O–H groups in total. The van der Waals surface area contributed by atoms with Crippen molar-refractivity contribution in [2.75, 3.05) is 7.05 Å². The van der Waals surface area contributed by atoms with Crippen LogP contribution in [0.4, 0.5) is 0 Å². The Bertz CT molecular complexity index is 624. The molecule has 1 aliphatic rings. The lowest BCUT2D eigenvalue weighted by molar-refractivity contribution is 0.449. The first-order valence-electron chi connectivity index (χ1n) is 6.89. The summed E-state index contributed by atoms with van der Waals surface area (Å²) in [7, 11) is 2.03. The molecule has 2 atom stereocenters. The van der Waals surface area contributed by atoms with Crippen molar-refractivity contribution >= 4 is 23.2 Å². The molecule has 20 heavy (non-hydrogen) atoms. The summed E-state index contributed by atoms with van der Waals surface area (Å²) in [6, 6.07) is 15.1. The van der Waals surface area contributed by atoms with E-state index in [0.717, 1.165) is 12.8 Å². The summed E-state index contributed by atoms with van der Waals surface area (Å²) in [6.45, 7) is 0. The van der Waals surface area contributed by atoms with E-state index in [1.165, 1.54) is 16.7 Å². The predicted octanol–water partition coefficient (Wildman–Crippen LogP) is 4.98. The van der Waals surface area contributed by atoms with Crippen LogP contribution in [0, 0.1) is 0 Å². The number of rotatable bonds is 2. The lowest BCUT2D eigenvalue weighted by atomic mass is 9.77. The number of halogens is 2. The maximum absolute atomic E-state index is 6.16. The van der Waals surface area contributed by atoms with Crippen LogP contribution in [-0.2, 0) is 6.42 Å². The van der Waals surface area contributed by atoms with Crippen molar-refractivity contribution in [2.45, 2.75) is 24.8 Å². The Morgan fingerprint density at radius 3 is 2.60 bits per heavy atom. The Morgan fingerprint density at radius 1 is 1.05 bits per heavy atom. The molecule has 1 aliphatic carbocycles. The molecule has 0 spiro atoms. The molecule has 2 aromatic rings. The van der Waals surface area contributed by atoms with Gasteiger partial charge in [0, 0.05) is 6.04 Å². The molecule has 2 aromatic carbocycles. The minimum atomic E-state index is 0.402. The van der Waals surface area contributed by atoms with Gasteiger partial charge in [0.15, 0.2) is 0 Å². The molecule has 3 heteroatoms. The third-order valence-corrected chi connectivity index (χ3v) is 4.92. The van der Waals surface area contributed by atoms with Crippen molar-refractivity contribution in [3.63, 3.8) is 0 Å². The number of hydrogen-bond donors (Lipinski definition) is 1. The molecule has 104 valence electrons. The topological polar surface area (TPSA) is 12.0 Å². The fourth-order valence-electron chi connectivity index (χ4n) is 3.11. The van der Waals surface area contributed by atoms with E-state index in [4.69, 9.17) is 23.2 Å². The van der Waals surface area contributed by atoms with E-state index in [9.17, 15) is 0 Å². The van der Waals surface area contributed by atoms with Crippen LogP contribution in [0.5, 0.6) is 0 Å². The summed E-state index contributed by atoms with van der Waals surface area (Å²) >= 11 is 12.2. The quantitative estimate of drug-likeness (QED) is 0.824. The van der Waals surface area contributed by atoms with Crippen LogP contribution in [0.25, 0.3) is 0 Å². The molecule has 0 heterocycles. The average molecular weight is 306 g/mol. The lowest BCUT2D eigenvalue weighted by Gasteiger charge is -2.32. The first kappa shape index (κ1) is 13.9. The van der Waals surface area contributed by atoms with E-state index in [2.05, 4.69) is 35.6 Å². The van der Waals surface area contributed by atoms with Gasteiger partial charge in [0.1, 0.15) is 0 Å². The molecule has 0 amide bonds. The van der Waals surface area contributed by atoms with Gasteiger partial charge in [-0.05, 0) is 54.6 Å². The highest BCUT2D eigenvalue weighted by Gasteiger charge is 2.26. The zero-order valence-electron chi connectivity index (χ0n) is 11.4. The van der Waals surface area contributed by atoms with Crippen molar-refractivity contribution in [1.82, 2.24) is 5.32 Å². The molecule has 0 fully saturated rings. The fraction of sp³-hybridized carbons (Fsp3) is 0.294. The monoisotopic (exact) mass is 305 g/mol. The van der Waals surface area contributed by atoms with Crippen molar-refractivity contribution < 1.29 is 0 Å². The van der Waals surface area contributed by atoms with Gasteiger partial charge in [0.2, 0.25) is 0 Å². The van der Waals surface area contributed by atoms with Crippen molar-refractivity contribution in [3.8, 4) is 0 Å². The zero-order valence-corrected chi connectivity index (χ0v) is 12.9. The highest BCUT2D eigenvalue weighted by molar-refractivity contribution is 6.42. The number of nitrogens with one attached hydrogen (secondary N) is 1. The molecule has 0 radical (unpaired) electrons. The minimum Gasteiger partial charge on any atom is -0.313 e. The highest BCUT2D eigenvalue weighted by atomic mass is 35.5. The van der Waals surface area contributed by atoms with Crippen molar-refractivity contribution in [1.29, 1.82) is 0 Å². The highest BCUT2D eigenvalue weighted by Crippen LogP contribution is 2.39. The van der Waals surface area contributed by atoms with Crippen LogP contribution in [0.2, 0.25) is 10.0 Å². The van der Waals surface area contributed by atoms with E-state index in [0.29, 0.717) is 22.0 Å². The summed E-state index contributed by atoms with van der Waals surface area (Å²) in [5.41, 5.74) is 4.12. The molecule has 2 unspecified atom stereocenters. The predicted molar refractivity (Wildman–Crippen MR) is 85.8 cm³/mol. The molecule has 1 nitrogen and oxygen atoms in total. The standard InChI is InChI=1S/C17H17Cl2N/c1-20-17-10-13(8-12-4-2-3-5-14(12)17)11-6-7-15(18)16(19)9-11/h2-7,9,13,17,20H,8,10H2,1H3. The van der Waals surface area contributed by atoms with Crippen LogP contribution in [0.3, 0.4) is 0 Å². The maximum atomic E-state index is 6.16. The number of fused-ring (bicyclic) bond motifs is 1. The van der Waals surface area contributed by atoms with Gasteiger partial charge < -0.3 is 5.32 Å². The third kappa shape index (κ3) is 2.58. The molecule has 0 saturated heterocycles. The summed E-state index contributed by atoms with van der Waals surface area (Å²) in [5.74, 6) is 0.483. The largest absolute Gasteiger partial charge is 0.313 e. The third-order valence-electron chi connectivity index (χ3n) is 4.18. The van der Waals surface area contributed by atoms with Gasteiger partial charge in [-0.2, -0.15) is 0 Å².